The van der Waals surface area contributed by atoms with E-state index >= 15 is 0 Å². The summed E-state index contributed by atoms with van der Waals surface area (Å²) in [5, 5.41) is 0. The summed E-state index contributed by atoms with van der Waals surface area (Å²) in [6.45, 7) is 5.65. The minimum Gasteiger partial charge on any atom is -0.447 e. The van der Waals surface area contributed by atoms with Gasteiger partial charge in [-0.05, 0) is 18.4 Å². The number of hydrogen-bond acceptors (Lipinski definition) is 4. The van der Waals surface area contributed by atoms with E-state index in [1.165, 1.54) is 11.8 Å². The van der Waals surface area contributed by atoms with Gasteiger partial charge in [0.25, 0.3) is 0 Å². The molecule has 122 valence electrons. The lowest BCUT2D eigenvalue weighted by atomic mass is 10.0. The molecule has 0 N–H and O–H groups in total. The van der Waals surface area contributed by atoms with Crippen LogP contribution in [-0.2, 0) is 14.3 Å². The second-order valence-corrected chi connectivity index (χ2v) is 6.70. The van der Waals surface area contributed by atoms with Crippen LogP contribution >= 0.6 is 0 Å². The van der Waals surface area contributed by atoms with E-state index in [4.69, 9.17) is 4.74 Å². The maximum atomic E-state index is 12.9. The molecule has 0 radical (unpaired) electrons. The van der Waals surface area contributed by atoms with E-state index in [0.717, 1.165) is 5.56 Å². The van der Waals surface area contributed by atoms with Gasteiger partial charge in [-0.3, -0.25) is 9.59 Å². The minimum atomic E-state index is -0.588. The summed E-state index contributed by atoms with van der Waals surface area (Å²) < 4.78 is 5.06. The first-order chi connectivity index (χ1) is 10.9. The number of nitrogens with zero attached hydrogens (tertiary/aromatic N) is 1. The molecule has 2 fully saturated rings. The number of amides is 2. The maximum absolute atomic E-state index is 12.9. The molecule has 0 aromatic heterocycles. The molecule has 0 bridgehead atoms. The van der Waals surface area contributed by atoms with Gasteiger partial charge in [-0.2, -0.15) is 0 Å². The fraction of sp³-hybridized carbons (Fsp3) is 0.500. The Labute approximate surface area is 135 Å². The third kappa shape index (κ3) is 2.64. The van der Waals surface area contributed by atoms with Crippen LogP contribution in [0.5, 0.6) is 0 Å². The molecule has 3 rings (SSSR count). The molecule has 1 saturated carbocycles. The summed E-state index contributed by atoms with van der Waals surface area (Å²) in [5.41, 5.74) is 0.972. The van der Waals surface area contributed by atoms with Crippen molar-refractivity contribution < 1.29 is 19.1 Å². The summed E-state index contributed by atoms with van der Waals surface area (Å²) in [6.07, 6.45) is -0.588. The van der Waals surface area contributed by atoms with Gasteiger partial charge in [0.1, 0.15) is 12.4 Å². The molecule has 1 aromatic carbocycles. The molecule has 2 amide bonds. The molecule has 0 spiro atoms. The van der Waals surface area contributed by atoms with Gasteiger partial charge in [0.2, 0.25) is 5.91 Å². The van der Waals surface area contributed by atoms with Crippen LogP contribution in [0.1, 0.15) is 32.3 Å². The van der Waals surface area contributed by atoms with Gasteiger partial charge in [0, 0.05) is 11.8 Å². The Morgan fingerprint density at radius 2 is 1.83 bits per heavy atom. The first-order valence-corrected chi connectivity index (χ1v) is 7.98. The van der Waals surface area contributed by atoms with Crippen molar-refractivity contribution >= 4 is 17.8 Å². The minimum absolute atomic E-state index is 0.00846. The van der Waals surface area contributed by atoms with Gasteiger partial charge in [0.05, 0.1) is 12.0 Å². The number of imide groups is 1. The second-order valence-electron chi connectivity index (χ2n) is 6.70. The molecular weight excluding hydrogens is 294 g/mol. The zero-order chi connectivity index (χ0) is 16.7. The number of ether oxygens (including phenoxy) is 1. The summed E-state index contributed by atoms with van der Waals surface area (Å²) in [5.74, 6) is -1.10. The van der Waals surface area contributed by atoms with E-state index in [-0.39, 0.29) is 42.1 Å². The molecule has 5 nitrogen and oxygen atoms in total. The lowest BCUT2D eigenvalue weighted by molar-refractivity contribution is -0.133. The lowest BCUT2D eigenvalue weighted by Crippen LogP contribution is -2.43. The molecular formula is C18H21NO4. The smallest absolute Gasteiger partial charge is 0.416 e. The first-order valence-electron chi connectivity index (χ1n) is 7.98. The third-order valence-corrected chi connectivity index (χ3v) is 4.87. The predicted molar refractivity (Wildman–Crippen MR) is 83.7 cm³/mol. The number of cyclic esters (lactones) is 1. The number of Topliss-reactive ketones (excluding diaryl/α,β-unsaturated/α-hetero) is 1. The Hall–Kier alpha value is -2.17. The zero-order valence-electron chi connectivity index (χ0n) is 13.6. The highest BCUT2D eigenvalue weighted by Crippen LogP contribution is 2.55. The standard InChI is InChI=1S/C18H21NO4/c1-10(2)13-9-23-18(22)19(13)17(21)16-14(11(3)20)15(16)12-7-5-4-6-8-12/h4-8,10,13-16H,9H2,1-3H3/t13-,14+,15+,16+/m1/s1. The quantitative estimate of drug-likeness (QED) is 0.857. The normalized spacial score (nSPS) is 29.6. The Balaban J connectivity index is 1.86. The fourth-order valence-corrected chi connectivity index (χ4v) is 3.55. The topological polar surface area (TPSA) is 63.7 Å². The van der Waals surface area contributed by atoms with Gasteiger partial charge in [-0.15, -0.1) is 0 Å². The average Bonchev–Trinajstić information content (AvgIpc) is 3.16. The van der Waals surface area contributed by atoms with Crippen LogP contribution in [0.25, 0.3) is 0 Å². The predicted octanol–water partition coefficient (Wildman–Crippen LogP) is 2.61. The van der Waals surface area contributed by atoms with Crippen molar-refractivity contribution in [3.8, 4) is 0 Å². The van der Waals surface area contributed by atoms with E-state index in [2.05, 4.69) is 0 Å². The van der Waals surface area contributed by atoms with E-state index < -0.39 is 12.0 Å². The molecule has 1 aromatic rings. The van der Waals surface area contributed by atoms with Gasteiger partial charge in [-0.25, -0.2) is 9.69 Å². The molecule has 1 saturated heterocycles. The Kier molecular flexibility index (Phi) is 3.96. The fourth-order valence-electron chi connectivity index (χ4n) is 3.55. The largest absolute Gasteiger partial charge is 0.447 e. The van der Waals surface area contributed by atoms with Crippen LogP contribution < -0.4 is 0 Å². The molecule has 1 heterocycles. The molecule has 1 aliphatic heterocycles. The lowest BCUT2D eigenvalue weighted by Gasteiger charge is -2.22. The van der Waals surface area contributed by atoms with Gasteiger partial charge < -0.3 is 4.74 Å². The Morgan fingerprint density at radius 1 is 1.17 bits per heavy atom. The average molecular weight is 315 g/mol. The summed E-state index contributed by atoms with van der Waals surface area (Å²) in [6, 6.07) is 9.30. The number of ketones is 1. The van der Waals surface area contributed by atoms with Crippen molar-refractivity contribution in [1.82, 2.24) is 4.90 Å². The van der Waals surface area contributed by atoms with Crippen molar-refractivity contribution in [1.29, 1.82) is 0 Å². The van der Waals surface area contributed by atoms with Gasteiger partial charge >= 0.3 is 6.09 Å². The highest BCUT2D eigenvalue weighted by Gasteiger charge is 2.61. The zero-order valence-corrected chi connectivity index (χ0v) is 13.6. The highest BCUT2D eigenvalue weighted by atomic mass is 16.6. The molecule has 23 heavy (non-hydrogen) atoms. The van der Waals surface area contributed by atoms with Crippen LogP contribution in [0, 0.1) is 17.8 Å². The van der Waals surface area contributed by atoms with Gasteiger partial charge in [-0.1, -0.05) is 44.2 Å². The van der Waals surface area contributed by atoms with E-state index in [0.29, 0.717) is 0 Å². The number of carbonyl (C=O) groups excluding carboxylic acids is 3. The van der Waals surface area contributed by atoms with Crippen LogP contribution in [-0.4, -0.2) is 35.3 Å². The van der Waals surface area contributed by atoms with Crippen LogP contribution in [0.3, 0.4) is 0 Å². The molecule has 4 atom stereocenters. The third-order valence-electron chi connectivity index (χ3n) is 4.87. The summed E-state index contributed by atoms with van der Waals surface area (Å²) in [4.78, 5) is 38.0. The first kappa shape index (κ1) is 15.7. The van der Waals surface area contributed by atoms with Crippen LogP contribution in [0.4, 0.5) is 4.79 Å². The van der Waals surface area contributed by atoms with Crippen molar-refractivity contribution in [3.05, 3.63) is 35.9 Å². The Morgan fingerprint density at radius 3 is 2.39 bits per heavy atom. The monoisotopic (exact) mass is 315 g/mol. The van der Waals surface area contributed by atoms with E-state index in [1.807, 2.05) is 44.2 Å². The SMILES string of the molecule is CC(=O)[C@@H]1[C@H](C(=O)N2C(=O)OC[C@@H]2C(C)C)[C@H]1c1ccccc1. The van der Waals surface area contributed by atoms with Crippen LogP contribution in [0.15, 0.2) is 30.3 Å². The Bertz CT molecular complexity index is 640. The molecule has 2 aliphatic rings. The number of carbonyl (C=O) groups is 3. The summed E-state index contributed by atoms with van der Waals surface area (Å²) >= 11 is 0. The van der Waals surface area contributed by atoms with E-state index in [1.54, 1.807) is 0 Å². The van der Waals surface area contributed by atoms with E-state index in [9.17, 15) is 14.4 Å². The van der Waals surface area contributed by atoms with Crippen molar-refractivity contribution in [2.45, 2.75) is 32.7 Å². The van der Waals surface area contributed by atoms with Crippen LogP contribution in [0.2, 0.25) is 0 Å². The highest BCUT2D eigenvalue weighted by molar-refractivity contribution is 6.01. The second kappa shape index (κ2) is 5.80. The van der Waals surface area contributed by atoms with Crippen molar-refractivity contribution in [2.75, 3.05) is 6.61 Å². The van der Waals surface area contributed by atoms with Gasteiger partial charge in [0.15, 0.2) is 0 Å². The van der Waals surface area contributed by atoms with Crippen molar-refractivity contribution in [3.63, 3.8) is 0 Å². The molecule has 1 aliphatic carbocycles. The number of benzene rings is 1. The maximum Gasteiger partial charge on any atom is 0.416 e. The number of hydrogen-bond donors (Lipinski definition) is 0. The molecule has 0 unspecified atom stereocenters. The van der Waals surface area contributed by atoms with Crippen molar-refractivity contribution in [2.24, 2.45) is 17.8 Å². The summed E-state index contributed by atoms with van der Waals surface area (Å²) in [7, 11) is 0. The molecule has 5 heteroatoms. The number of rotatable bonds is 4.